The summed E-state index contributed by atoms with van der Waals surface area (Å²) in [6, 6.07) is 9.49. The molecule has 1 saturated heterocycles. The molecule has 2 aromatic rings. The number of likely N-dealkylation sites (tertiary alicyclic amines) is 1. The van der Waals surface area contributed by atoms with Crippen LogP contribution < -0.4 is 10.1 Å². The summed E-state index contributed by atoms with van der Waals surface area (Å²) in [4.78, 5) is 29.8. The Balaban J connectivity index is 1.47. The smallest absolute Gasteiger partial charge is 0.409 e. The fourth-order valence-electron chi connectivity index (χ4n) is 3.03. The number of amides is 2. The molecule has 7 nitrogen and oxygen atoms in total. The second kappa shape index (κ2) is 8.51. The topological polar surface area (TPSA) is 80.8 Å². The zero-order valence-electron chi connectivity index (χ0n) is 14.8. The van der Waals surface area contributed by atoms with Gasteiger partial charge in [0.15, 0.2) is 6.61 Å². The van der Waals surface area contributed by atoms with E-state index in [1.165, 1.54) is 0 Å². The van der Waals surface area contributed by atoms with Crippen LogP contribution in [0, 0.1) is 0 Å². The van der Waals surface area contributed by atoms with Crippen LogP contribution in [0.15, 0.2) is 36.5 Å². The van der Waals surface area contributed by atoms with Crippen LogP contribution in [-0.4, -0.2) is 54.2 Å². The van der Waals surface area contributed by atoms with Crippen LogP contribution >= 0.6 is 0 Å². The van der Waals surface area contributed by atoms with E-state index in [9.17, 15) is 9.59 Å². The first kappa shape index (κ1) is 18.0. The van der Waals surface area contributed by atoms with Gasteiger partial charge in [-0.25, -0.2) is 4.79 Å². The van der Waals surface area contributed by atoms with Gasteiger partial charge in [0.25, 0.3) is 5.91 Å². The summed E-state index contributed by atoms with van der Waals surface area (Å²) >= 11 is 0. The first-order valence-corrected chi connectivity index (χ1v) is 8.85. The number of hydrogen-bond donors (Lipinski definition) is 1. The normalized spacial score (nSPS) is 14.9. The molecule has 1 N–H and O–H groups in total. The number of aromatic nitrogens is 1. The molecule has 0 radical (unpaired) electrons. The summed E-state index contributed by atoms with van der Waals surface area (Å²) < 4.78 is 10.6. The van der Waals surface area contributed by atoms with Gasteiger partial charge in [-0.3, -0.25) is 9.78 Å². The Morgan fingerprint density at radius 3 is 2.77 bits per heavy atom. The predicted molar refractivity (Wildman–Crippen MR) is 97.0 cm³/mol. The molecule has 2 heterocycles. The van der Waals surface area contributed by atoms with Gasteiger partial charge in [0, 0.05) is 30.7 Å². The minimum Gasteiger partial charge on any atom is -0.481 e. The number of hydrogen-bond acceptors (Lipinski definition) is 5. The molecule has 1 aliphatic heterocycles. The molecule has 0 atom stereocenters. The molecule has 1 aliphatic rings. The molecular formula is C19H23N3O4. The van der Waals surface area contributed by atoms with Crippen molar-refractivity contribution in [3.8, 4) is 5.75 Å². The summed E-state index contributed by atoms with van der Waals surface area (Å²) in [6.07, 6.45) is 2.83. The zero-order valence-corrected chi connectivity index (χ0v) is 14.8. The molecule has 0 spiro atoms. The first-order chi connectivity index (χ1) is 12.7. The molecule has 0 unspecified atom stereocenters. The summed E-state index contributed by atoms with van der Waals surface area (Å²) in [7, 11) is 0. The van der Waals surface area contributed by atoms with Crippen molar-refractivity contribution in [3.05, 3.63) is 36.5 Å². The van der Waals surface area contributed by atoms with Crippen molar-refractivity contribution >= 4 is 22.9 Å². The third-order valence-electron chi connectivity index (χ3n) is 4.34. The summed E-state index contributed by atoms with van der Waals surface area (Å²) in [6.45, 7) is 3.26. The number of nitrogens with zero attached hydrogens (tertiary/aromatic N) is 2. The molecule has 7 heteroatoms. The molecule has 138 valence electrons. The predicted octanol–water partition coefficient (Wildman–Crippen LogP) is 2.35. The van der Waals surface area contributed by atoms with Gasteiger partial charge >= 0.3 is 6.09 Å². The van der Waals surface area contributed by atoms with E-state index in [2.05, 4.69) is 10.3 Å². The number of benzene rings is 1. The Hall–Kier alpha value is -2.83. The van der Waals surface area contributed by atoms with Gasteiger partial charge in [-0.15, -0.1) is 0 Å². The molecule has 1 aromatic heterocycles. The maximum absolute atomic E-state index is 12.2. The largest absolute Gasteiger partial charge is 0.481 e. The van der Waals surface area contributed by atoms with E-state index in [1.54, 1.807) is 24.1 Å². The Morgan fingerprint density at radius 1 is 1.23 bits per heavy atom. The number of nitrogens with one attached hydrogen (secondary N) is 1. The lowest BCUT2D eigenvalue weighted by Gasteiger charge is -2.31. The highest BCUT2D eigenvalue weighted by molar-refractivity contribution is 5.85. The SMILES string of the molecule is CCOC(=O)N1CCC(NC(=O)COc2cccc3cccnc23)CC1. The van der Waals surface area contributed by atoms with E-state index in [-0.39, 0.29) is 24.6 Å². The van der Waals surface area contributed by atoms with Crippen LogP contribution in [-0.2, 0) is 9.53 Å². The number of piperidine rings is 1. The highest BCUT2D eigenvalue weighted by Crippen LogP contribution is 2.22. The van der Waals surface area contributed by atoms with E-state index in [0.717, 1.165) is 10.9 Å². The molecule has 2 amide bonds. The average Bonchev–Trinajstić information content (AvgIpc) is 2.67. The van der Waals surface area contributed by atoms with E-state index in [1.807, 2.05) is 24.3 Å². The van der Waals surface area contributed by atoms with Gasteiger partial charge in [0.1, 0.15) is 11.3 Å². The van der Waals surface area contributed by atoms with Crippen molar-refractivity contribution in [1.82, 2.24) is 15.2 Å². The summed E-state index contributed by atoms with van der Waals surface area (Å²) in [5.74, 6) is 0.419. The second-order valence-corrected chi connectivity index (χ2v) is 6.15. The van der Waals surface area contributed by atoms with Crippen LogP contribution in [0.25, 0.3) is 10.9 Å². The Labute approximate surface area is 152 Å². The Morgan fingerprint density at radius 2 is 2.00 bits per heavy atom. The van der Waals surface area contributed by atoms with E-state index >= 15 is 0 Å². The lowest BCUT2D eigenvalue weighted by molar-refractivity contribution is -0.124. The molecule has 0 bridgehead atoms. The number of ether oxygens (including phenoxy) is 2. The maximum atomic E-state index is 12.2. The van der Waals surface area contributed by atoms with E-state index in [0.29, 0.717) is 38.3 Å². The first-order valence-electron chi connectivity index (χ1n) is 8.85. The van der Waals surface area contributed by atoms with Crippen molar-refractivity contribution in [1.29, 1.82) is 0 Å². The number of para-hydroxylation sites is 1. The zero-order chi connectivity index (χ0) is 18.4. The lowest BCUT2D eigenvalue weighted by Crippen LogP contribution is -2.47. The molecule has 1 aromatic carbocycles. The fraction of sp³-hybridized carbons (Fsp3) is 0.421. The van der Waals surface area contributed by atoms with Gasteiger partial charge in [0.2, 0.25) is 0 Å². The Kier molecular flexibility index (Phi) is 5.88. The molecular weight excluding hydrogens is 334 g/mol. The number of fused-ring (bicyclic) bond motifs is 1. The van der Waals surface area contributed by atoms with Crippen molar-refractivity contribution in [2.75, 3.05) is 26.3 Å². The number of carbonyl (C=O) groups is 2. The molecule has 1 fully saturated rings. The van der Waals surface area contributed by atoms with Crippen LogP contribution in [0.1, 0.15) is 19.8 Å². The number of carbonyl (C=O) groups excluding carboxylic acids is 2. The maximum Gasteiger partial charge on any atom is 0.409 e. The number of rotatable bonds is 5. The highest BCUT2D eigenvalue weighted by atomic mass is 16.6. The Bertz CT molecular complexity index is 767. The summed E-state index contributed by atoms with van der Waals surface area (Å²) in [5, 5.41) is 3.93. The molecule has 3 rings (SSSR count). The van der Waals surface area contributed by atoms with Gasteiger partial charge in [-0.05, 0) is 31.9 Å². The molecule has 0 aliphatic carbocycles. The standard InChI is InChI=1S/C19H23N3O4/c1-2-25-19(24)22-11-8-15(9-12-22)21-17(23)13-26-16-7-3-5-14-6-4-10-20-18(14)16/h3-7,10,15H,2,8-9,11-13H2,1H3,(H,21,23). The minimum absolute atomic E-state index is 0.0439. The van der Waals surface area contributed by atoms with E-state index in [4.69, 9.17) is 9.47 Å². The average molecular weight is 357 g/mol. The van der Waals surface area contributed by atoms with Gasteiger partial charge in [-0.1, -0.05) is 18.2 Å². The summed E-state index contributed by atoms with van der Waals surface area (Å²) in [5.41, 5.74) is 0.741. The quantitative estimate of drug-likeness (QED) is 0.888. The third kappa shape index (κ3) is 4.41. The van der Waals surface area contributed by atoms with Gasteiger partial charge in [-0.2, -0.15) is 0 Å². The number of pyridine rings is 1. The monoisotopic (exact) mass is 357 g/mol. The van der Waals surface area contributed by atoms with Crippen LogP contribution in [0.2, 0.25) is 0 Å². The highest BCUT2D eigenvalue weighted by Gasteiger charge is 2.24. The minimum atomic E-state index is -0.288. The second-order valence-electron chi connectivity index (χ2n) is 6.15. The molecule has 0 saturated carbocycles. The van der Waals surface area contributed by atoms with Crippen molar-refractivity contribution in [2.24, 2.45) is 0 Å². The fourth-order valence-corrected chi connectivity index (χ4v) is 3.03. The van der Waals surface area contributed by atoms with Crippen molar-refractivity contribution in [2.45, 2.75) is 25.8 Å². The van der Waals surface area contributed by atoms with Crippen LogP contribution in [0.4, 0.5) is 4.79 Å². The lowest BCUT2D eigenvalue weighted by atomic mass is 10.1. The van der Waals surface area contributed by atoms with Crippen LogP contribution in [0.5, 0.6) is 5.75 Å². The van der Waals surface area contributed by atoms with Gasteiger partial charge in [0.05, 0.1) is 6.61 Å². The third-order valence-corrected chi connectivity index (χ3v) is 4.34. The van der Waals surface area contributed by atoms with E-state index < -0.39 is 0 Å². The van der Waals surface area contributed by atoms with Gasteiger partial charge < -0.3 is 19.7 Å². The van der Waals surface area contributed by atoms with Crippen molar-refractivity contribution in [3.63, 3.8) is 0 Å². The molecule has 26 heavy (non-hydrogen) atoms. The van der Waals surface area contributed by atoms with Crippen molar-refractivity contribution < 1.29 is 19.1 Å². The van der Waals surface area contributed by atoms with Crippen LogP contribution in [0.3, 0.4) is 0 Å².